The van der Waals surface area contributed by atoms with Gasteiger partial charge < -0.3 is 4.79 Å². The molecule has 1 aliphatic rings. The van der Waals surface area contributed by atoms with Crippen LogP contribution >= 0.6 is 0 Å². The first kappa shape index (κ1) is 6.53. The van der Waals surface area contributed by atoms with Crippen LogP contribution in [-0.4, -0.2) is 6.29 Å². The van der Waals surface area contributed by atoms with Gasteiger partial charge in [0.2, 0.25) is 0 Å². The van der Waals surface area contributed by atoms with Crippen LogP contribution in [0.1, 0.15) is 26.7 Å². The van der Waals surface area contributed by atoms with Gasteiger partial charge in [-0.1, -0.05) is 11.1 Å². The zero-order valence-electron chi connectivity index (χ0n) is 5.98. The summed E-state index contributed by atoms with van der Waals surface area (Å²) in [5, 5.41) is 0. The first-order valence-electron chi connectivity index (χ1n) is 3.37. The van der Waals surface area contributed by atoms with Crippen LogP contribution in [0.5, 0.6) is 0 Å². The molecule has 1 unspecified atom stereocenters. The Morgan fingerprint density at radius 2 is 2.22 bits per heavy atom. The predicted molar refractivity (Wildman–Crippen MR) is 37.2 cm³/mol. The summed E-state index contributed by atoms with van der Waals surface area (Å²) >= 11 is 0. The van der Waals surface area contributed by atoms with E-state index in [1.807, 2.05) is 0 Å². The SMILES string of the molecule is CC1=C(C)C(C=O)CC1. The van der Waals surface area contributed by atoms with Crippen molar-refractivity contribution >= 4 is 6.29 Å². The fourth-order valence-corrected chi connectivity index (χ4v) is 1.27. The second-order valence-electron chi connectivity index (χ2n) is 2.74. The number of carbonyl (C=O) groups is 1. The predicted octanol–water partition coefficient (Wildman–Crippen LogP) is 1.93. The molecule has 1 nitrogen and oxygen atoms in total. The molecule has 50 valence electrons. The minimum absolute atomic E-state index is 0.241. The van der Waals surface area contributed by atoms with Crippen molar-refractivity contribution in [2.75, 3.05) is 0 Å². The van der Waals surface area contributed by atoms with Crippen molar-refractivity contribution in [3.63, 3.8) is 0 Å². The second-order valence-corrected chi connectivity index (χ2v) is 2.74. The number of carbonyl (C=O) groups excluding carboxylic acids is 1. The van der Waals surface area contributed by atoms with Crippen molar-refractivity contribution in [1.29, 1.82) is 0 Å². The van der Waals surface area contributed by atoms with E-state index in [1.54, 1.807) is 0 Å². The standard InChI is InChI=1S/C8H12O/c1-6-3-4-8(5-9)7(6)2/h5,8H,3-4H2,1-2H3. The number of allylic oxidation sites excluding steroid dienone is 2. The Morgan fingerprint density at radius 1 is 1.56 bits per heavy atom. The molecule has 0 aromatic carbocycles. The lowest BCUT2D eigenvalue weighted by atomic mass is 10.1. The van der Waals surface area contributed by atoms with Crippen molar-refractivity contribution in [2.24, 2.45) is 5.92 Å². The Hall–Kier alpha value is -0.590. The molecule has 0 aliphatic heterocycles. The fourth-order valence-electron chi connectivity index (χ4n) is 1.27. The summed E-state index contributed by atoms with van der Waals surface area (Å²) in [6, 6.07) is 0. The number of hydrogen-bond acceptors (Lipinski definition) is 1. The van der Waals surface area contributed by atoms with E-state index in [4.69, 9.17) is 0 Å². The summed E-state index contributed by atoms with van der Waals surface area (Å²) in [4.78, 5) is 10.3. The summed E-state index contributed by atoms with van der Waals surface area (Å²) in [5.41, 5.74) is 2.71. The quantitative estimate of drug-likeness (QED) is 0.385. The first-order valence-corrected chi connectivity index (χ1v) is 3.37. The van der Waals surface area contributed by atoms with Crippen molar-refractivity contribution in [1.82, 2.24) is 0 Å². The molecule has 1 rings (SSSR count). The molecule has 0 bridgehead atoms. The van der Waals surface area contributed by atoms with Gasteiger partial charge in [0, 0.05) is 5.92 Å². The Balaban J connectivity index is 2.74. The minimum Gasteiger partial charge on any atom is -0.303 e. The third kappa shape index (κ3) is 1.04. The van der Waals surface area contributed by atoms with Gasteiger partial charge in [-0.05, 0) is 26.7 Å². The molecule has 0 N–H and O–H groups in total. The highest BCUT2D eigenvalue weighted by Gasteiger charge is 2.17. The van der Waals surface area contributed by atoms with Gasteiger partial charge in [-0.15, -0.1) is 0 Å². The summed E-state index contributed by atoms with van der Waals surface area (Å²) in [5.74, 6) is 0.241. The van der Waals surface area contributed by atoms with Gasteiger partial charge in [-0.25, -0.2) is 0 Å². The molecule has 9 heavy (non-hydrogen) atoms. The zero-order valence-corrected chi connectivity index (χ0v) is 5.98. The molecule has 0 fully saturated rings. The van der Waals surface area contributed by atoms with E-state index in [-0.39, 0.29) is 5.92 Å². The number of rotatable bonds is 1. The Morgan fingerprint density at radius 3 is 2.44 bits per heavy atom. The van der Waals surface area contributed by atoms with Crippen molar-refractivity contribution in [3.05, 3.63) is 11.1 Å². The molecule has 0 aromatic rings. The Bertz CT molecular complexity index is 156. The third-order valence-corrected chi connectivity index (χ3v) is 2.22. The van der Waals surface area contributed by atoms with Crippen LogP contribution in [0.15, 0.2) is 11.1 Å². The summed E-state index contributed by atoms with van der Waals surface area (Å²) in [6.07, 6.45) is 3.22. The average molecular weight is 124 g/mol. The zero-order chi connectivity index (χ0) is 6.85. The van der Waals surface area contributed by atoms with E-state index < -0.39 is 0 Å². The van der Waals surface area contributed by atoms with E-state index in [0.29, 0.717) is 0 Å². The molecule has 0 aromatic heterocycles. The highest BCUT2D eigenvalue weighted by molar-refractivity contribution is 5.60. The summed E-state index contributed by atoms with van der Waals surface area (Å²) in [6.45, 7) is 4.17. The van der Waals surface area contributed by atoms with Crippen LogP contribution in [-0.2, 0) is 4.79 Å². The second kappa shape index (κ2) is 2.34. The normalized spacial score (nSPS) is 27.1. The maximum atomic E-state index is 10.3. The van der Waals surface area contributed by atoms with Gasteiger partial charge in [-0.2, -0.15) is 0 Å². The van der Waals surface area contributed by atoms with Gasteiger partial charge in [-0.3, -0.25) is 0 Å². The maximum absolute atomic E-state index is 10.3. The first-order chi connectivity index (χ1) is 4.25. The maximum Gasteiger partial charge on any atom is 0.127 e. The van der Waals surface area contributed by atoms with E-state index >= 15 is 0 Å². The van der Waals surface area contributed by atoms with Gasteiger partial charge in [0.1, 0.15) is 6.29 Å². The van der Waals surface area contributed by atoms with Crippen LogP contribution in [0.25, 0.3) is 0 Å². The van der Waals surface area contributed by atoms with Gasteiger partial charge in [0.05, 0.1) is 0 Å². The molecule has 0 amide bonds. The van der Waals surface area contributed by atoms with E-state index in [0.717, 1.165) is 19.1 Å². The van der Waals surface area contributed by atoms with Crippen molar-refractivity contribution in [3.8, 4) is 0 Å². The molecule has 1 aliphatic carbocycles. The van der Waals surface area contributed by atoms with Crippen molar-refractivity contribution in [2.45, 2.75) is 26.7 Å². The number of aldehydes is 1. The van der Waals surface area contributed by atoms with Crippen LogP contribution in [0.4, 0.5) is 0 Å². The summed E-state index contributed by atoms with van der Waals surface area (Å²) < 4.78 is 0. The Labute approximate surface area is 55.8 Å². The molecular formula is C8H12O. The fraction of sp³-hybridized carbons (Fsp3) is 0.625. The van der Waals surface area contributed by atoms with E-state index in [2.05, 4.69) is 13.8 Å². The van der Waals surface area contributed by atoms with Crippen molar-refractivity contribution < 1.29 is 4.79 Å². The Kier molecular flexibility index (Phi) is 1.70. The minimum atomic E-state index is 0.241. The van der Waals surface area contributed by atoms with Gasteiger partial charge >= 0.3 is 0 Å². The molecule has 0 radical (unpaired) electrons. The monoisotopic (exact) mass is 124 g/mol. The van der Waals surface area contributed by atoms with Crippen LogP contribution in [0.3, 0.4) is 0 Å². The molecule has 0 saturated heterocycles. The largest absolute Gasteiger partial charge is 0.303 e. The van der Waals surface area contributed by atoms with E-state index in [1.165, 1.54) is 11.1 Å². The van der Waals surface area contributed by atoms with E-state index in [9.17, 15) is 4.79 Å². The van der Waals surface area contributed by atoms with Gasteiger partial charge in [0.15, 0.2) is 0 Å². The molecule has 0 saturated carbocycles. The highest BCUT2D eigenvalue weighted by Crippen LogP contribution is 2.29. The average Bonchev–Trinajstić information content (AvgIpc) is 2.15. The molecule has 1 heteroatoms. The highest BCUT2D eigenvalue weighted by atomic mass is 16.1. The summed E-state index contributed by atoms with van der Waals surface area (Å²) in [7, 11) is 0. The lowest BCUT2D eigenvalue weighted by molar-refractivity contribution is -0.110. The van der Waals surface area contributed by atoms with Crippen LogP contribution in [0, 0.1) is 5.92 Å². The molecular weight excluding hydrogens is 112 g/mol. The molecule has 0 spiro atoms. The topological polar surface area (TPSA) is 17.1 Å². The van der Waals surface area contributed by atoms with Gasteiger partial charge in [0.25, 0.3) is 0 Å². The molecule has 1 atom stereocenters. The van der Waals surface area contributed by atoms with Crippen LogP contribution < -0.4 is 0 Å². The lowest BCUT2D eigenvalue weighted by Gasteiger charge is -1.98. The van der Waals surface area contributed by atoms with Crippen LogP contribution in [0.2, 0.25) is 0 Å². The lowest BCUT2D eigenvalue weighted by Crippen LogP contribution is -1.96. The third-order valence-electron chi connectivity index (χ3n) is 2.22. The molecule has 0 heterocycles. The smallest absolute Gasteiger partial charge is 0.127 e. The number of hydrogen-bond donors (Lipinski definition) is 0.